The number of nitrogens with zero attached hydrogens (tertiary/aromatic N) is 1. The number of nitrogens with two attached hydrogens (primary N) is 1. The molecular formula is C10H13FN2O. The zero-order valence-electron chi connectivity index (χ0n) is 7.87. The summed E-state index contributed by atoms with van der Waals surface area (Å²) in [5.74, 6) is -0.263. The monoisotopic (exact) mass is 196 g/mol. The average Bonchev–Trinajstić information content (AvgIpc) is 2.62. The number of rotatable bonds is 2. The Bertz CT molecular complexity index is 324. The highest BCUT2D eigenvalue weighted by atomic mass is 19.1. The predicted molar refractivity (Wildman–Crippen MR) is 51.8 cm³/mol. The first-order valence-electron chi connectivity index (χ1n) is 4.67. The molecule has 1 aliphatic heterocycles. The fourth-order valence-corrected chi connectivity index (χ4v) is 1.51. The second kappa shape index (κ2) is 3.94. The van der Waals surface area contributed by atoms with Gasteiger partial charge in [-0.3, -0.25) is 4.84 Å². The van der Waals surface area contributed by atoms with Crippen LogP contribution in [0, 0.1) is 5.82 Å². The van der Waals surface area contributed by atoms with Crippen molar-refractivity contribution in [3.8, 4) is 0 Å². The van der Waals surface area contributed by atoms with Crippen LogP contribution < -0.4 is 5.73 Å². The van der Waals surface area contributed by atoms with Crippen LogP contribution in [-0.2, 0) is 11.4 Å². The van der Waals surface area contributed by atoms with E-state index in [9.17, 15) is 4.39 Å². The topological polar surface area (TPSA) is 38.5 Å². The van der Waals surface area contributed by atoms with Crippen LogP contribution in [0.2, 0.25) is 0 Å². The quantitative estimate of drug-likeness (QED) is 0.729. The summed E-state index contributed by atoms with van der Waals surface area (Å²) in [7, 11) is 0. The largest absolute Gasteiger partial charge is 0.399 e. The number of benzene rings is 1. The van der Waals surface area contributed by atoms with Crippen LogP contribution in [0.5, 0.6) is 0 Å². The second-order valence-corrected chi connectivity index (χ2v) is 3.40. The molecule has 0 radical (unpaired) electrons. The van der Waals surface area contributed by atoms with Gasteiger partial charge in [-0.25, -0.2) is 4.39 Å². The molecule has 3 nitrogen and oxygen atoms in total. The third-order valence-corrected chi connectivity index (χ3v) is 2.25. The Morgan fingerprint density at radius 2 is 2.36 bits per heavy atom. The first kappa shape index (κ1) is 9.43. The maximum absolute atomic E-state index is 13.3. The van der Waals surface area contributed by atoms with Gasteiger partial charge in [0.1, 0.15) is 5.82 Å². The highest BCUT2D eigenvalue weighted by molar-refractivity contribution is 5.40. The van der Waals surface area contributed by atoms with Crippen molar-refractivity contribution in [2.24, 2.45) is 0 Å². The third-order valence-electron chi connectivity index (χ3n) is 2.25. The Hall–Kier alpha value is -1.13. The van der Waals surface area contributed by atoms with Gasteiger partial charge in [0.15, 0.2) is 0 Å². The van der Waals surface area contributed by atoms with Crippen molar-refractivity contribution in [3.63, 3.8) is 0 Å². The molecule has 0 unspecified atom stereocenters. The fraction of sp³-hybridized carbons (Fsp3) is 0.400. The van der Waals surface area contributed by atoms with Gasteiger partial charge in [-0.15, -0.1) is 0 Å². The minimum absolute atomic E-state index is 0.263. The summed E-state index contributed by atoms with van der Waals surface area (Å²) >= 11 is 0. The van der Waals surface area contributed by atoms with Gasteiger partial charge in [0.2, 0.25) is 0 Å². The van der Waals surface area contributed by atoms with Crippen molar-refractivity contribution in [2.45, 2.75) is 13.0 Å². The second-order valence-electron chi connectivity index (χ2n) is 3.40. The minimum atomic E-state index is -0.263. The molecule has 1 aromatic rings. The molecule has 0 saturated carbocycles. The molecule has 0 spiro atoms. The van der Waals surface area contributed by atoms with Gasteiger partial charge < -0.3 is 5.73 Å². The molecule has 0 amide bonds. The Balaban J connectivity index is 2.08. The van der Waals surface area contributed by atoms with Gasteiger partial charge in [0.05, 0.1) is 13.2 Å². The number of halogens is 1. The van der Waals surface area contributed by atoms with Crippen LogP contribution in [0.4, 0.5) is 10.1 Å². The molecule has 0 atom stereocenters. The minimum Gasteiger partial charge on any atom is -0.399 e. The number of nitrogen functional groups attached to an aromatic ring is 1. The van der Waals surface area contributed by atoms with Gasteiger partial charge in [-0.1, -0.05) is 6.07 Å². The summed E-state index contributed by atoms with van der Waals surface area (Å²) < 4.78 is 13.3. The van der Waals surface area contributed by atoms with Crippen LogP contribution in [0.15, 0.2) is 18.2 Å². The Labute approximate surface area is 82.2 Å². The molecule has 1 fully saturated rings. The number of hydrogen-bond acceptors (Lipinski definition) is 3. The molecule has 2 N–H and O–H groups in total. The maximum Gasteiger partial charge on any atom is 0.129 e. The van der Waals surface area contributed by atoms with E-state index in [1.54, 1.807) is 17.2 Å². The summed E-state index contributed by atoms with van der Waals surface area (Å²) in [6, 6.07) is 4.74. The van der Waals surface area contributed by atoms with Crippen molar-refractivity contribution in [1.29, 1.82) is 0 Å². The lowest BCUT2D eigenvalue weighted by molar-refractivity contribution is -0.117. The van der Waals surface area contributed by atoms with Crippen LogP contribution >= 0.6 is 0 Å². The van der Waals surface area contributed by atoms with Gasteiger partial charge in [-0.2, -0.15) is 5.06 Å². The summed E-state index contributed by atoms with van der Waals surface area (Å²) in [6.45, 7) is 2.09. The summed E-state index contributed by atoms with van der Waals surface area (Å²) in [4.78, 5) is 5.28. The van der Waals surface area contributed by atoms with Crippen molar-refractivity contribution in [3.05, 3.63) is 29.6 Å². The van der Waals surface area contributed by atoms with Crippen LogP contribution in [0.3, 0.4) is 0 Å². The fourth-order valence-electron chi connectivity index (χ4n) is 1.51. The van der Waals surface area contributed by atoms with E-state index in [4.69, 9.17) is 10.6 Å². The molecule has 1 aliphatic rings. The first-order chi connectivity index (χ1) is 6.75. The van der Waals surface area contributed by atoms with Crippen molar-refractivity contribution >= 4 is 5.69 Å². The Morgan fingerprint density at radius 1 is 1.50 bits per heavy atom. The number of hydroxylamine groups is 2. The summed E-state index contributed by atoms with van der Waals surface area (Å²) in [6.07, 6.45) is 1.01. The number of hydrogen-bond donors (Lipinski definition) is 1. The normalized spacial score (nSPS) is 17.5. The van der Waals surface area contributed by atoms with Crippen LogP contribution in [-0.4, -0.2) is 18.2 Å². The summed E-state index contributed by atoms with van der Waals surface area (Å²) in [5, 5.41) is 1.77. The molecule has 4 heteroatoms. The van der Waals surface area contributed by atoms with Crippen LogP contribution in [0.25, 0.3) is 0 Å². The van der Waals surface area contributed by atoms with Gasteiger partial charge in [0.25, 0.3) is 0 Å². The molecule has 0 aromatic heterocycles. The van der Waals surface area contributed by atoms with E-state index in [0.29, 0.717) is 17.8 Å². The van der Waals surface area contributed by atoms with E-state index in [0.717, 1.165) is 19.6 Å². The molecule has 14 heavy (non-hydrogen) atoms. The highest BCUT2D eigenvalue weighted by Crippen LogP contribution is 2.16. The first-order valence-corrected chi connectivity index (χ1v) is 4.67. The zero-order valence-corrected chi connectivity index (χ0v) is 7.87. The van der Waals surface area contributed by atoms with Gasteiger partial charge in [0, 0.05) is 17.8 Å². The van der Waals surface area contributed by atoms with Gasteiger partial charge in [-0.05, 0) is 18.6 Å². The SMILES string of the molecule is Nc1ccc(CN2CCCO2)c(F)c1. The zero-order chi connectivity index (χ0) is 9.97. The molecule has 0 aliphatic carbocycles. The van der Waals surface area contributed by atoms with Crippen molar-refractivity contribution < 1.29 is 9.23 Å². The lowest BCUT2D eigenvalue weighted by Gasteiger charge is -2.13. The average molecular weight is 196 g/mol. The van der Waals surface area contributed by atoms with E-state index in [1.807, 2.05) is 0 Å². The molecular weight excluding hydrogens is 183 g/mol. The van der Waals surface area contributed by atoms with E-state index in [1.165, 1.54) is 6.07 Å². The molecule has 1 saturated heterocycles. The smallest absolute Gasteiger partial charge is 0.129 e. The van der Waals surface area contributed by atoms with E-state index < -0.39 is 0 Å². The maximum atomic E-state index is 13.3. The van der Waals surface area contributed by atoms with E-state index >= 15 is 0 Å². The van der Waals surface area contributed by atoms with Crippen molar-refractivity contribution in [2.75, 3.05) is 18.9 Å². The predicted octanol–water partition coefficient (Wildman–Crippen LogP) is 1.55. The molecule has 76 valence electrons. The standard InChI is InChI=1S/C10H13FN2O/c11-10-6-9(12)3-2-8(10)7-13-4-1-5-14-13/h2-3,6H,1,4-5,7,12H2. The molecule has 0 bridgehead atoms. The Kier molecular flexibility index (Phi) is 2.65. The van der Waals surface area contributed by atoms with Crippen LogP contribution in [0.1, 0.15) is 12.0 Å². The number of anilines is 1. The molecule has 1 heterocycles. The van der Waals surface area contributed by atoms with Crippen molar-refractivity contribution in [1.82, 2.24) is 5.06 Å². The molecule has 1 aromatic carbocycles. The lowest BCUT2D eigenvalue weighted by atomic mass is 10.2. The third kappa shape index (κ3) is 2.02. The van der Waals surface area contributed by atoms with E-state index in [-0.39, 0.29) is 5.82 Å². The van der Waals surface area contributed by atoms with E-state index in [2.05, 4.69) is 0 Å². The lowest BCUT2D eigenvalue weighted by Crippen LogP contribution is -2.17. The Morgan fingerprint density at radius 3 is 3.00 bits per heavy atom. The highest BCUT2D eigenvalue weighted by Gasteiger charge is 2.14. The summed E-state index contributed by atoms with van der Waals surface area (Å²) in [5.41, 5.74) is 6.53. The van der Waals surface area contributed by atoms with Gasteiger partial charge >= 0.3 is 0 Å². The molecule has 2 rings (SSSR count).